The predicted molar refractivity (Wildman–Crippen MR) is 78.5 cm³/mol. The van der Waals surface area contributed by atoms with Gasteiger partial charge in [-0.15, -0.1) is 11.3 Å². The highest BCUT2D eigenvalue weighted by Gasteiger charge is 2.02. The van der Waals surface area contributed by atoms with E-state index >= 15 is 0 Å². The van der Waals surface area contributed by atoms with Gasteiger partial charge in [0.05, 0.1) is 0 Å². The lowest BCUT2D eigenvalue weighted by molar-refractivity contribution is 0.696. The summed E-state index contributed by atoms with van der Waals surface area (Å²) in [5.74, 6) is 0. The molecular weight excluding hydrogens is 294 g/mol. The molecule has 1 aromatic carbocycles. The van der Waals surface area contributed by atoms with E-state index in [1.165, 1.54) is 26.0 Å². The van der Waals surface area contributed by atoms with E-state index in [9.17, 15) is 0 Å². The summed E-state index contributed by atoms with van der Waals surface area (Å²) in [6.45, 7) is 6.15. The smallest absolute Gasteiger partial charge is 0.0327 e. The summed E-state index contributed by atoms with van der Waals surface area (Å²) in [5.41, 5.74) is 4.07. The van der Waals surface area contributed by atoms with Gasteiger partial charge in [-0.25, -0.2) is 0 Å². The lowest BCUT2D eigenvalue weighted by Gasteiger charge is -2.08. The summed E-state index contributed by atoms with van der Waals surface area (Å²) >= 11 is 5.33. The molecule has 1 nitrogen and oxygen atoms in total. The molecule has 17 heavy (non-hydrogen) atoms. The molecule has 1 heterocycles. The zero-order valence-electron chi connectivity index (χ0n) is 10.1. The van der Waals surface area contributed by atoms with Crippen LogP contribution in [-0.2, 0) is 13.1 Å². The molecular formula is C14H16BrNS. The molecule has 1 aromatic heterocycles. The lowest BCUT2D eigenvalue weighted by Crippen LogP contribution is -2.13. The topological polar surface area (TPSA) is 12.0 Å². The lowest BCUT2D eigenvalue weighted by atomic mass is 10.1. The van der Waals surface area contributed by atoms with E-state index in [4.69, 9.17) is 0 Å². The van der Waals surface area contributed by atoms with Crippen LogP contribution in [0, 0.1) is 13.8 Å². The summed E-state index contributed by atoms with van der Waals surface area (Å²) < 4.78 is 1.20. The highest BCUT2D eigenvalue weighted by molar-refractivity contribution is 9.10. The van der Waals surface area contributed by atoms with E-state index in [-0.39, 0.29) is 0 Å². The van der Waals surface area contributed by atoms with Crippen LogP contribution in [0.5, 0.6) is 0 Å². The highest BCUT2D eigenvalue weighted by Crippen LogP contribution is 2.22. The first kappa shape index (κ1) is 12.8. The van der Waals surface area contributed by atoms with Gasteiger partial charge in [0.1, 0.15) is 0 Å². The Balaban J connectivity index is 1.94. The first-order chi connectivity index (χ1) is 8.16. The molecule has 0 unspecified atom stereocenters. The van der Waals surface area contributed by atoms with Gasteiger partial charge < -0.3 is 5.32 Å². The Morgan fingerprint density at radius 1 is 1.18 bits per heavy atom. The minimum absolute atomic E-state index is 0.922. The minimum atomic E-state index is 0.922. The van der Waals surface area contributed by atoms with Gasteiger partial charge in [0.15, 0.2) is 0 Å². The molecule has 0 spiro atoms. The Morgan fingerprint density at radius 2 is 2.00 bits per heavy atom. The molecule has 0 atom stereocenters. The van der Waals surface area contributed by atoms with Gasteiger partial charge >= 0.3 is 0 Å². The fourth-order valence-electron chi connectivity index (χ4n) is 1.75. The number of nitrogens with one attached hydrogen (secondary N) is 1. The van der Waals surface area contributed by atoms with E-state index < -0.39 is 0 Å². The minimum Gasteiger partial charge on any atom is -0.308 e. The van der Waals surface area contributed by atoms with Crippen molar-refractivity contribution in [3.8, 4) is 0 Å². The molecule has 0 amide bonds. The van der Waals surface area contributed by atoms with E-state index in [0.29, 0.717) is 0 Å². The first-order valence-electron chi connectivity index (χ1n) is 5.65. The number of benzene rings is 1. The second kappa shape index (κ2) is 5.80. The molecule has 0 aliphatic rings. The normalized spacial score (nSPS) is 10.8. The zero-order valence-corrected chi connectivity index (χ0v) is 12.5. The predicted octanol–water partition coefficient (Wildman–Crippen LogP) is 4.42. The van der Waals surface area contributed by atoms with Crippen LogP contribution in [0.1, 0.15) is 21.6 Å². The van der Waals surface area contributed by atoms with Gasteiger partial charge in [0.2, 0.25) is 0 Å². The maximum absolute atomic E-state index is 3.55. The Bertz CT molecular complexity index is 505. The van der Waals surface area contributed by atoms with Crippen LogP contribution in [0.15, 0.2) is 34.1 Å². The second-order valence-corrected chi connectivity index (χ2v) is 6.08. The van der Waals surface area contributed by atoms with Crippen molar-refractivity contribution < 1.29 is 0 Å². The monoisotopic (exact) mass is 309 g/mol. The molecule has 90 valence electrons. The van der Waals surface area contributed by atoms with Crippen molar-refractivity contribution in [2.75, 3.05) is 0 Å². The maximum atomic E-state index is 3.55. The highest BCUT2D eigenvalue weighted by atomic mass is 79.9. The molecule has 0 radical (unpaired) electrons. The molecule has 0 aliphatic heterocycles. The van der Waals surface area contributed by atoms with Crippen LogP contribution in [0.4, 0.5) is 0 Å². The van der Waals surface area contributed by atoms with Crippen LogP contribution in [0.25, 0.3) is 0 Å². The molecule has 3 heteroatoms. The van der Waals surface area contributed by atoms with Crippen LogP contribution >= 0.6 is 27.3 Å². The summed E-state index contributed by atoms with van der Waals surface area (Å²) in [7, 11) is 0. The van der Waals surface area contributed by atoms with E-state index in [2.05, 4.69) is 64.7 Å². The maximum Gasteiger partial charge on any atom is 0.0327 e. The van der Waals surface area contributed by atoms with Gasteiger partial charge in [-0.05, 0) is 52.4 Å². The molecule has 0 aliphatic carbocycles. The first-order valence-corrected chi connectivity index (χ1v) is 7.33. The van der Waals surface area contributed by atoms with Crippen molar-refractivity contribution in [3.05, 3.63) is 55.7 Å². The third-order valence-electron chi connectivity index (χ3n) is 2.80. The van der Waals surface area contributed by atoms with Gasteiger partial charge in [-0.1, -0.05) is 23.8 Å². The summed E-state index contributed by atoms with van der Waals surface area (Å²) in [4.78, 5) is 1.36. The Hall–Kier alpha value is -0.640. The number of rotatable bonds is 4. The molecule has 2 aromatic rings. The van der Waals surface area contributed by atoms with Gasteiger partial charge in [0.25, 0.3) is 0 Å². The van der Waals surface area contributed by atoms with Gasteiger partial charge in [-0.2, -0.15) is 0 Å². The Morgan fingerprint density at radius 3 is 2.71 bits per heavy atom. The molecule has 0 bridgehead atoms. The number of thiophene rings is 1. The van der Waals surface area contributed by atoms with Crippen LogP contribution in [0.3, 0.4) is 0 Å². The number of aryl methyl sites for hydroxylation is 2. The number of hydrogen-bond donors (Lipinski definition) is 1. The summed E-state index contributed by atoms with van der Waals surface area (Å²) in [6.07, 6.45) is 0. The Kier molecular flexibility index (Phi) is 4.37. The second-order valence-electron chi connectivity index (χ2n) is 4.23. The largest absolute Gasteiger partial charge is 0.308 e. The zero-order chi connectivity index (χ0) is 12.3. The summed E-state index contributed by atoms with van der Waals surface area (Å²) in [5, 5.41) is 5.60. The van der Waals surface area contributed by atoms with E-state index in [0.717, 1.165) is 13.1 Å². The SMILES string of the molecule is Cc1ccc(C)c(CNCc2sccc2Br)c1. The average molecular weight is 310 g/mol. The average Bonchev–Trinajstić information content (AvgIpc) is 2.70. The van der Waals surface area contributed by atoms with Crippen molar-refractivity contribution in [2.24, 2.45) is 0 Å². The van der Waals surface area contributed by atoms with Crippen molar-refractivity contribution in [2.45, 2.75) is 26.9 Å². The van der Waals surface area contributed by atoms with Crippen molar-refractivity contribution in [1.82, 2.24) is 5.32 Å². The number of halogens is 1. The van der Waals surface area contributed by atoms with Crippen LogP contribution < -0.4 is 5.32 Å². The van der Waals surface area contributed by atoms with E-state index in [1.807, 2.05) is 0 Å². The number of hydrogen-bond acceptors (Lipinski definition) is 2. The molecule has 0 saturated carbocycles. The van der Waals surface area contributed by atoms with Gasteiger partial charge in [0, 0.05) is 22.4 Å². The summed E-state index contributed by atoms with van der Waals surface area (Å²) in [6, 6.07) is 8.70. The third-order valence-corrected chi connectivity index (χ3v) is 4.72. The molecule has 0 fully saturated rings. The van der Waals surface area contributed by atoms with Crippen LogP contribution in [-0.4, -0.2) is 0 Å². The quantitative estimate of drug-likeness (QED) is 0.881. The standard InChI is InChI=1S/C14H16BrNS/c1-10-3-4-11(2)12(7-10)8-16-9-14-13(15)5-6-17-14/h3-7,16H,8-9H2,1-2H3. The fraction of sp³-hybridized carbons (Fsp3) is 0.286. The molecule has 1 N–H and O–H groups in total. The van der Waals surface area contributed by atoms with Crippen molar-refractivity contribution in [1.29, 1.82) is 0 Å². The molecule has 0 saturated heterocycles. The van der Waals surface area contributed by atoms with Gasteiger partial charge in [-0.3, -0.25) is 0 Å². The van der Waals surface area contributed by atoms with Crippen molar-refractivity contribution >= 4 is 27.3 Å². The third kappa shape index (κ3) is 3.41. The fourth-order valence-corrected chi connectivity index (χ4v) is 3.21. The van der Waals surface area contributed by atoms with Crippen LogP contribution in [0.2, 0.25) is 0 Å². The van der Waals surface area contributed by atoms with E-state index in [1.54, 1.807) is 11.3 Å². The molecule has 2 rings (SSSR count). The van der Waals surface area contributed by atoms with Crippen molar-refractivity contribution in [3.63, 3.8) is 0 Å². The Labute approximate surface area is 115 Å².